The van der Waals surface area contributed by atoms with E-state index in [1.54, 1.807) is 18.5 Å². The van der Waals surface area contributed by atoms with Crippen molar-refractivity contribution in [3.8, 4) is 5.95 Å². The van der Waals surface area contributed by atoms with Crippen molar-refractivity contribution >= 4 is 0 Å². The molecule has 15 heavy (non-hydrogen) atoms. The number of nitrogens with zero attached hydrogens (tertiary/aromatic N) is 5. The van der Waals surface area contributed by atoms with Gasteiger partial charge < -0.3 is 0 Å². The summed E-state index contributed by atoms with van der Waals surface area (Å²) in [5.41, 5.74) is -0.189. The maximum absolute atomic E-state index is 12.6. The van der Waals surface area contributed by atoms with Gasteiger partial charge in [-0.1, -0.05) is 0 Å². The predicted octanol–water partition coefficient (Wildman–Crippen LogP) is 1.25. The van der Waals surface area contributed by atoms with Crippen LogP contribution in [-0.4, -0.2) is 24.5 Å². The molecule has 0 atom stereocenters. The molecule has 5 nitrogen and oxygen atoms in total. The summed E-state index contributed by atoms with van der Waals surface area (Å²) in [7, 11) is 1.70. The molecule has 0 spiro atoms. The average molecular weight is 213 g/mol. The summed E-state index contributed by atoms with van der Waals surface area (Å²) < 4.78 is 27.8. The zero-order valence-electron chi connectivity index (χ0n) is 8.22. The molecule has 0 bridgehead atoms. The fourth-order valence-electron chi connectivity index (χ4n) is 1.23. The number of hydrogen-bond acceptors (Lipinski definition) is 3. The van der Waals surface area contributed by atoms with Gasteiger partial charge in [-0.2, -0.15) is 9.78 Å². The van der Waals surface area contributed by atoms with Crippen LogP contribution < -0.4 is 0 Å². The molecule has 0 unspecified atom stereocenters. The lowest BCUT2D eigenvalue weighted by Gasteiger charge is -2.05. The predicted molar refractivity (Wildman–Crippen MR) is 47.8 cm³/mol. The van der Waals surface area contributed by atoms with Crippen molar-refractivity contribution in [2.24, 2.45) is 7.05 Å². The Bertz CT molecular complexity index is 473. The lowest BCUT2D eigenvalue weighted by molar-refractivity contribution is 0.142. The third-order valence-electron chi connectivity index (χ3n) is 2.15. The number of halogens is 2. The highest BCUT2D eigenvalue weighted by Gasteiger charge is 2.18. The second kappa shape index (κ2) is 3.41. The summed E-state index contributed by atoms with van der Waals surface area (Å²) in [6.07, 6.45) is -1.27. The number of rotatable bonds is 2. The van der Waals surface area contributed by atoms with Crippen LogP contribution >= 0.6 is 0 Å². The Hall–Kier alpha value is -1.79. The third kappa shape index (κ3) is 1.49. The zero-order valence-corrected chi connectivity index (χ0v) is 8.22. The van der Waals surface area contributed by atoms with E-state index < -0.39 is 6.43 Å². The first-order valence-corrected chi connectivity index (χ1v) is 4.29. The number of aryl methyl sites for hydroxylation is 1. The van der Waals surface area contributed by atoms with E-state index in [1.807, 2.05) is 0 Å². The molecular formula is C8H9F2N5. The molecule has 2 heterocycles. The molecule has 0 aliphatic carbocycles. The summed E-state index contributed by atoms with van der Waals surface area (Å²) in [5, 5.41) is 11.4. The topological polar surface area (TPSA) is 48.5 Å². The molecule has 2 aromatic heterocycles. The molecule has 0 saturated carbocycles. The minimum Gasteiger partial charge on any atom is -0.299 e. The lowest BCUT2D eigenvalue weighted by atomic mass is 10.4. The standard InChI is InChI=1S/C8H9F2N5/c1-5-12-13-8(14(5)2)15-6(7(9)10)3-4-11-15/h3-4,7H,1-2H3. The molecule has 0 fully saturated rings. The maximum Gasteiger partial charge on any atom is 0.280 e. The van der Waals surface area contributed by atoms with Crippen LogP contribution in [0.4, 0.5) is 8.78 Å². The molecule has 7 heteroatoms. The van der Waals surface area contributed by atoms with Crippen molar-refractivity contribution in [1.82, 2.24) is 24.5 Å². The normalized spacial score (nSPS) is 11.3. The molecule has 0 aliphatic heterocycles. The van der Waals surface area contributed by atoms with E-state index in [9.17, 15) is 8.78 Å². The smallest absolute Gasteiger partial charge is 0.280 e. The molecule has 0 amide bonds. The van der Waals surface area contributed by atoms with E-state index in [0.717, 1.165) is 4.68 Å². The number of alkyl halides is 2. The first-order chi connectivity index (χ1) is 7.11. The molecule has 0 aromatic carbocycles. The van der Waals surface area contributed by atoms with E-state index in [4.69, 9.17) is 0 Å². The zero-order chi connectivity index (χ0) is 11.0. The Labute approximate surface area is 84.3 Å². The van der Waals surface area contributed by atoms with Crippen LogP contribution in [0.2, 0.25) is 0 Å². The van der Waals surface area contributed by atoms with Crippen LogP contribution in [0.15, 0.2) is 12.3 Å². The quantitative estimate of drug-likeness (QED) is 0.754. The Kier molecular flexibility index (Phi) is 2.22. The summed E-state index contributed by atoms with van der Waals surface area (Å²) in [6, 6.07) is 1.26. The van der Waals surface area contributed by atoms with Gasteiger partial charge in [-0.15, -0.1) is 10.2 Å². The minimum atomic E-state index is -2.58. The Morgan fingerprint density at radius 3 is 2.60 bits per heavy atom. The molecule has 2 rings (SSSR count). The van der Waals surface area contributed by atoms with Crippen LogP contribution in [0.25, 0.3) is 5.95 Å². The summed E-state index contributed by atoms with van der Waals surface area (Å²) in [6.45, 7) is 1.74. The van der Waals surface area contributed by atoms with Gasteiger partial charge in [0.2, 0.25) is 0 Å². The molecule has 0 saturated heterocycles. The largest absolute Gasteiger partial charge is 0.299 e. The fraction of sp³-hybridized carbons (Fsp3) is 0.375. The summed E-state index contributed by atoms with van der Waals surface area (Å²) >= 11 is 0. The number of hydrogen-bond donors (Lipinski definition) is 0. The van der Waals surface area contributed by atoms with Gasteiger partial charge in [0.15, 0.2) is 0 Å². The first-order valence-electron chi connectivity index (χ1n) is 4.29. The SMILES string of the molecule is Cc1nnc(-n2nccc2C(F)F)n1C. The van der Waals surface area contributed by atoms with Crippen LogP contribution in [0.5, 0.6) is 0 Å². The van der Waals surface area contributed by atoms with Crippen LogP contribution in [0.1, 0.15) is 17.9 Å². The monoisotopic (exact) mass is 213 g/mol. The van der Waals surface area contributed by atoms with Crippen molar-refractivity contribution in [2.45, 2.75) is 13.3 Å². The van der Waals surface area contributed by atoms with Gasteiger partial charge in [-0.25, -0.2) is 8.78 Å². The number of aromatic nitrogens is 5. The Morgan fingerprint density at radius 2 is 2.07 bits per heavy atom. The van der Waals surface area contributed by atoms with Gasteiger partial charge in [0.05, 0.1) is 0 Å². The molecule has 0 radical (unpaired) electrons. The average Bonchev–Trinajstić information content (AvgIpc) is 2.75. The minimum absolute atomic E-state index is 0.189. The van der Waals surface area contributed by atoms with Crippen LogP contribution in [0, 0.1) is 6.92 Å². The molecule has 2 aromatic rings. The van der Waals surface area contributed by atoms with Crippen molar-refractivity contribution in [2.75, 3.05) is 0 Å². The van der Waals surface area contributed by atoms with Crippen molar-refractivity contribution < 1.29 is 8.78 Å². The van der Waals surface area contributed by atoms with E-state index in [0.29, 0.717) is 5.82 Å². The van der Waals surface area contributed by atoms with Gasteiger partial charge in [0.1, 0.15) is 11.5 Å². The van der Waals surface area contributed by atoms with Crippen molar-refractivity contribution in [1.29, 1.82) is 0 Å². The van der Waals surface area contributed by atoms with Crippen molar-refractivity contribution in [3.63, 3.8) is 0 Å². The molecule has 0 aliphatic rings. The second-order valence-corrected chi connectivity index (χ2v) is 3.07. The summed E-state index contributed by atoms with van der Waals surface area (Å²) in [5.74, 6) is 0.925. The highest BCUT2D eigenvalue weighted by atomic mass is 19.3. The van der Waals surface area contributed by atoms with E-state index in [-0.39, 0.29) is 11.6 Å². The Balaban J connectivity index is 2.54. The van der Waals surface area contributed by atoms with Crippen LogP contribution in [0.3, 0.4) is 0 Å². The molecule has 80 valence electrons. The van der Waals surface area contributed by atoms with Gasteiger partial charge in [0, 0.05) is 13.2 Å². The highest BCUT2D eigenvalue weighted by molar-refractivity contribution is 5.17. The van der Waals surface area contributed by atoms with E-state index >= 15 is 0 Å². The van der Waals surface area contributed by atoms with Gasteiger partial charge in [0.25, 0.3) is 12.4 Å². The first kappa shape index (κ1) is 9.75. The van der Waals surface area contributed by atoms with Gasteiger partial charge in [-0.05, 0) is 13.0 Å². The van der Waals surface area contributed by atoms with Gasteiger partial charge in [-0.3, -0.25) is 4.57 Å². The van der Waals surface area contributed by atoms with E-state index in [2.05, 4.69) is 15.3 Å². The molecule has 0 N–H and O–H groups in total. The van der Waals surface area contributed by atoms with E-state index in [1.165, 1.54) is 12.3 Å². The third-order valence-corrected chi connectivity index (χ3v) is 2.15. The molecular weight excluding hydrogens is 204 g/mol. The van der Waals surface area contributed by atoms with Crippen molar-refractivity contribution in [3.05, 3.63) is 23.8 Å². The highest BCUT2D eigenvalue weighted by Crippen LogP contribution is 2.20. The lowest BCUT2D eigenvalue weighted by Crippen LogP contribution is -2.09. The Morgan fingerprint density at radius 1 is 1.33 bits per heavy atom. The summed E-state index contributed by atoms with van der Waals surface area (Å²) in [4.78, 5) is 0. The maximum atomic E-state index is 12.6. The fourth-order valence-corrected chi connectivity index (χ4v) is 1.23. The second-order valence-electron chi connectivity index (χ2n) is 3.07. The van der Waals surface area contributed by atoms with Gasteiger partial charge >= 0.3 is 0 Å². The van der Waals surface area contributed by atoms with Crippen LogP contribution in [-0.2, 0) is 7.05 Å².